The van der Waals surface area contributed by atoms with Crippen molar-refractivity contribution < 1.29 is 27.8 Å². The lowest BCUT2D eigenvalue weighted by atomic mass is 9.80. The quantitative estimate of drug-likeness (QED) is 0.120. The van der Waals surface area contributed by atoms with Crippen LogP contribution in [0.3, 0.4) is 0 Å². The number of carbonyl (C=O) groups is 2. The molecule has 0 amide bonds. The Morgan fingerprint density at radius 1 is 0.698 bits per heavy atom. The van der Waals surface area contributed by atoms with Crippen LogP contribution in [0.1, 0.15) is 165 Å². The van der Waals surface area contributed by atoms with Gasteiger partial charge < -0.3 is 9.47 Å². The summed E-state index contributed by atoms with van der Waals surface area (Å²) in [7, 11) is 0. The number of hydrogen-bond donors (Lipinski definition) is 0. The molecular formula is C36H55ClF2O4. The lowest BCUT2D eigenvalue weighted by molar-refractivity contribution is -0.157. The summed E-state index contributed by atoms with van der Waals surface area (Å²) in [6.45, 7) is 4.29. The van der Waals surface area contributed by atoms with Crippen molar-refractivity contribution in [3.63, 3.8) is 0 Å². The van der Waals surface area contributed by atoms with Gasteiger partial charge in [0.1, 0.15) is 12.2 Å². The molecule has 0 bridgehead atoms. The van der Waals surface area contributed by atoms with Gasteiger partial charge in [-0.15, -0.1) is 0 Å². The van der Waals surface area contributed by atoms with E-state index in [-0.39, 0.29) is 25.0 Å². The van der Waals surface area contributed by atoms with Gasteiger partial charge in [-0.2, -0.15) is 0 Å². The number of unbranched alkanes of at least 4 members (excludes halogenated alkanes) is 8. The predicted molar refractivity (Wildman–Crippen MR) is 170 cm³/mol. The van der Waals surface area contributed by atoms with Gasteiger partial charge >= 0.3 is 11.9 Å². The first kappa shape index (κ1) is 35.8. The Kier molecular flexibility index (Phi) is 16.3. The van der Waals surface area contributed by atoms with E-state index in [1.54, 1.807) is 0 Å². The molecule has 7 heteroatoms. The normalized spacial score (nSPS) is 23.8. The molecule has 0 saturated heterocycles. The number of alkyl halides is 2. The molecule has 2 saturated carbocycles. The second-order valence-electron chi connectivity index (χ2n) is 12.9. The molecule has 0 heterocycles. The smallest absolute Gasteiger partial charge is 0.340 e. The van der Waals surface area contributed by atoms with E-state index in [0.717, 1.165) is 126 Å². The summed E-state index contributed by atoms with van der Waals surface area (Å²) in [5.41, 5.74) is 2.32. The molecule has 0 aromatic heterocycles. The Morgan fingerprint density at radius 3 is 1.58 bits per heavy atom. The monoisotopic (exact) mass is 624 g/mol. The molecule has 43 heavy (non-hydrogen) atoms. The van der Waals surface area contributed by atoms with Gasteiger partial charge in [0, 0.05) is 5.02 Å². The maximum atomic E-state index is 14.3. The molecule has 2 aliphatic rings. The fourth-order valence-corrected chi connectivity index (χ4v) is 7.04. The zero-order valence-corrected chi connectivity index (χ0v) is 27.4. The van der Waals surface area contributed by atoms with E-state index < -0.39 is 24.3 Å². The SMILES string of the molecule is CCCCCCCC(F)C(=O)OC1CCC(c2ccc(C3CCC(OC(=O)C(F)CCCCCCC)CC3)c(Cl)c2)CC1. The number of hydrogen-bond acceptors (Lipinski definition) is 4. The third-order valence-electron chi connectivity index (χ3n) is 9.48. The van der Waals surface area contributed by atoms with Gasteiger partial charge in [0.15, 0.2) is 12.3 Å². The van der Waals surface area contributed by atoms with Crippen molar-refractivity contribution in [1.29, 1.82) is 0 Å². The van der Waals surface area contributed by atoms with Crippen molar-refractivity contribution in [3.05, 3.63) is 34.3 Å². The van der Waals surface area contributed by atoms with Gasteiger partial charge in [0.25, 0.3) is 0 Å². The van der Waals surface area contributed by atoms with E-state index in [1.165, 1.54) is 5.56 Å². The van der Waals surface area contributed by atoms with Crippen LogP contribution in [0.4, 0.5) is 8.78 Å². The molecule has 2 fully saturated rings. The largest absolute Gasteiger partial charge is 0.460 e. The Bertz CT molecular complexity index is 957. The standard InChI is InChI=1S/C36H55ClF2O4/c1-3-5-7-9-11-13-33(38)35(40)42-29-20-15-26(16-21-29)28-19-24-31(32(37)25-28)27-17-22-30(23-18-27)43-36(41)34(39)14-12-10-8-6-4-2/h19,24-27,29-30,33-34H,3-18,20-23H2,1-2H3. The second-order valence-corrected chi connectivity index (χ2v) is 13.4. The molecule has 2 atom stereocenters. The van der Waals surface area contributed by atoms with Crippen molar-refractivity contribution in [2.75, 3.05) is 0 Å². The van der Waals surface area contributed by atoms with E-state index in [9.17, 15) is 18.4 Å². The molecule has 244 valence electrons. The van der Waals surface area contributed by atoms with Crippen LogP contribution in [0, 0.1) is 0 Å². The van der Waals surface area contributed by atoms with Crippen molar-refractivity contribution in [2.45, 2.75) is 179 Å². The second kappa shape index (κ2) is 19.6. The average Bonchev–Trinajstić information content (AvgIpc) is 3.01. The molecule has 2 unspecified atom stereocenters. The fraction of sp³-hybridized carbons (Fsp3) is 0.778. The summed E-state index contributed by atoms with van der Waals surface area (Å²) < 4.78 is 39.6. The van der Waals surface area contributed by atoms with Crippen LogP contribution in [-0.4, -0.2) is 36.5 Å². The van der Waals surface area contributed by atoms with Gasteiger partial charge in [-0.1, -0.05) is 88.9 Å². The van der Waals surface area contributed by atoms with Gasteiger partial charge in [-0.25, -0.2) is 18.4 Å². The topological polar surface area (TPSA) is 52.6 Å². The summed E-state index contributed by atoms with van der Waals surface area (Å²) in [6, 6.07) is 6.37. The van der Waals surface area contributed by atoms with Crippen LogP contribution < -0.4 is 0 Å². The van der Waals surface area contributed by atoms with Crippen LogP contribution in [0.25, 0.3) is 0 Å². The molecule has 4 nitrogen and oxygen atoms in total. The maximum Gasteiger partial charge on any atom is 0.340 e. The zero-order valence-electron chi connectivity index (χ0n) is 26.6. The molecular weight excluding hydrogens is 570 g/mol. The Balaban J connectivity index is 1.37. The average molecular weight is 625 g/mol. The fourth-order valence-electron chi connectivity index (χ4n) is 6.70. The highest BCUT2D eigenvalue weighted by atomic mass is 35.5. The predicted octanol–water partition coefficient (Wildman–Crippen LogP) is 10.9. The van der Waals surface area contributed by atoms with Gasteiger partial charge in [-0.05, 0) is 106 Å². The Morgan fingerprint density at radius 2 is 1.14 bits per heavy atom. The van der Waals surface area contributed by atoms with Crippen LogP contribution in [-0.2, 0) is 19.1 Å². The number of ether oxygens (including phenoxy) is 2. The molecule has 2 aliphatic carbocycles. The van der Waals surface area contributed by atoms with Crippen molar-refractivity contribution in [2.24, 2.45) is 0 Å². The van der Waals surface area contributed by atoms with Gasteiger partial charge in [0.05, 0.1) is 0 Å². The van der Waals surface area contributed by atoms with E-state index >= 15 is 0 Å². The van der Waals surface area contributed by atoms with Gasteiger partial charge in [0.2, 0.25) is 0 Å². The number of rotatable bonds is 18. The molecule has 3 rings (SSSR count). The summed E-state index contributed by atoms with van der Waals surface area (Å²) >= 11 is 6.78. The summed E-state index contributed by atoms with van der Waals surface area (Å²) in [5.74, 6) is -0.755. The van der Waals surface area contributed by atoms with Crippen LogP contribution in [0.5, 0.6) is 0 Å². The van der Waals surface area contributed by atoms with E-state index in [1.807, 2.05) is 0 Å². The van der Waals surface area contributed by atoms with Crippen molar-refractivity contribution >= 4 is 23.5 Å². The zero-order chi connectivity index (χ0) is 31.0. The highest BCUT2D eigenvalue weighted by Gasteiger charge is 2.30. The highest BCUT2D eigenvalue weighted by molar-refractivity contribution is 6.31. The number of carbonyl (C=O) groups excluding carboxylic acids is 2. The maximum absolute atomic E-state index is 14.3. The summed E-state index contributed by atoms with van der Waals surface area (Å²) in [4.78, 5) is 24.5. The third kappa shape index (κ3) is 12.3. The summed E-state index contributed by atoms with van der Waals surface area (Å²) in [6.07, 6.45) is 13.6. The molecule has 1 aromatic rings. The van der Waals surface area contributed by atoms with Gasteiger partial charge in [-0.3, -0.25) is 0 Å². The third-order valence-corrected chi connectivity index (χ3v) is 9.81. The molecule has 0 N–H and O–H groups in total. The Labute approximate surface area is 264 Å². The summed E-state index contributed by atoms with van der Waals surface area (Å²) in [5, 5.41) is 0.762. The molecule has 0 spiro atoms. The van der Waals surface area contributed by atoms with E-state index in [0.29, 0.717) is 11.8 Å². The van der Waals surface area contributed by atoms with E-state index in [2.05, 4.69) is 32.0 Å². The van der Waals surface area contributed by atoms with E-state index in [4.69, 9.17) is 21.1 Å². The first-order valence-electron chi connectivity index (χ1n) is 17.3. The minimum atomic E-state index is -1.52. The highest BCUT2D eigenvalue weighted by Crippen LogP contribution is 2.41. The molecule has 1 aromatic carbocycles. The minimum absolute atomic E-state index is 0.209. The lowest BCUT2D eigenvalue weighted by Gasteiger charge is -2.31. The first-order chi connectivity index (χ1) is 20.8. The number of benzene rings is 1. The Hall–Kier alpha value is -1.69. The molecule has 0 aliphatic heterocycles. The van der Waals surface area contributed by atoms with Crippen LogP contribution >= 0.6 is 11.6 Å². The van der Waals surface area contributed by atoms with Crippen LogP contribution in [0.15, 0.2) is 18.2 Å². The van der Waals surface area contributed by atoms with Crippen molar-refractivity contribution in [1.82, 2.24) is 0 Å². The lowest BCUT2D eigenvalue weighted by Crippen LogP contribution is -2.28. The van der Waals surface area contributed by atoms with Crippen LogP contribution in [0.2, 0.25) is 5.02 Å². The number of halogens is 3. The first-order valence-corrected chi connectivity index (χ1v) is 17.7. The van der Waals surface area contributed by atoms with Crippen molar-refractivity contribution in [3.8, 4) is 0 Å². The molecule has 0 radical (unpaired) electrons. The minimum Gasteiger partial charge on any atom is -0.460 e. The number of esters is 2.